The molecule has 0 aliphatic heterocycles. The summed E-state index contributed by atoms with van der Waals surface area (Å²) in [6, 6.07) is 7.89. The minimum Gasteiger partial charge on any atom is -0.329 e. The third-order valence-corrected chi connectivity index (χ3v) is 1.98. The Morgan fingerprint density at radius 2 is 1.69 bits per heavy atom. The van der Waals surface area contributed by atoms with Crippen LogP contribution in [0.25, 0.3) is 0 Å². The van der Waals surface area contributed by atoms with Crippen LogP contribution in [0.5, 0.6) is 0 Å². The first kappa shape index (κ1) is 9.78. The van der Waals surface area contributed by atoms with Gasteiger partial charge in [0.15, 0.2) is 0 Å². The lowest BCUT2D eigenvalue weighted by Gasteiger charge is -2.18. The fourth-order valence-electron chi connectivity index (χ4n) is 1.13. The van der Waals surface area contributed by atoms with E-state index in [0.717, 1.165) is 5.69 Å². The van der Waals surface area contributed by atoms with Crippen molar-refractivity contribution in [1.82, 2.24) is 0 Å². The van der Waals surface area contributed by atoms with Gasteiger partial charge in [0.1, 0.15) is 0 Å². The summed E-state index contributed by atoms with van der Waals surface area (Å²) in [4.78, 5) is 10.1. The van der Waals surface area contributed by atoms with E-state index in [1.807, 2.05) is 24.3 Å². The molecule has 2 heteroatoms. The lowest BCUT2D eigenvalue weighted by Crippen LogP contribution is -2.10. The van der Waals surface area contributed by atoms with Crippen molar-refractivity contribution in [2.45, 2.75) is 26.2 Å². The van der Waals surface area contributed by atoms with Crippen molar-refractivity contribution in [3.05, 3.63) is 29.8 Å². The van der Waals surface area contributed by atoms with Crippen LogP contribution in [0, 0.1) is 0 Å². The van der Waals surface area contributed by atoms with Gasteiger partial charge in [0.2, 0.25) is 6.41 Å². The Bertz CT molecular complexity index is 282. The van der Waals surface area contributed by atoms with Crippen LogP contribution in [0.15, 0.2) is 24.3 Å². The fraction of sp³-hybridized carbons (Fsp3) is 0.364. The number of hydrogen-bond acceptors (Lipinski definition) is 1. The third-order valence-electron chi connectivity index (χ3n) is 1.98. The number of carbonyl (C=O) groups is 1. The maximum absolute atomic E-state index is 10.1. The van der Waals surface area contributed by atoms with Crippen LogP contribution in [-0.2, 0) is 10.2 Å². The molecular weight excluding hydrogens is 162 g/mol. The van der Waals surface area contributed by atoms with Crippen molar-refractivity contribution in [2.24, 2.45) is 0 Å². The number of anilines is 1. The van der Waals surface area contributed by atoms with Gasteiger partial charge in [0.05, 0.1) is 0 Å². The van der Waals surface area contributed by atoms with E-state index in [1.54, 1.807) is 0 Å². The van der Waals surface area contributed by atoms with Gasteiger partial charge < -0.3 is 5.32 Å². The Hall–Kier alpha value is -1.31. The lowest BCUT2D eigenvalue weighted by atomic mass is 9.87. The second-order valence-corrected chi connectivity index (χ2v) is 4.09. The van der Waals surface area contributed by atoms with Crippen LogP contribution in [0.1, 0.15) is 26.3 Å². The van der Waals surface area contributed by atoms with Crippen LogP contribution in [0.3, 0.4) is 0 Å². The summed E-state index contributed by atoms with van der Waals surface area (Å²) >= 11 is 0. The van der Waals surface area contributed by atoms with Crippen LogP contribution < -0.4 is 5.32 Å². The first-order chi connectivity index (χ1) is 6.04. The monoisotopic (exact) mass is 177 g/mol. The van der Waals surface area contributed by atoms with Gasteiger partial charge >= 0.3 is 0 Å². The summed E-state index contributed by atoms with van der Waals surface area (Å²) in [7, 11) is 0. The van der Waals surface area contributed by atoms with Crippen molar-refractivity contribution in [3.63, 3.8) is 0 Å². The molecule has 0 unspecified atom stereocenters. The zero-order chi connectivity index (χ0) is 9.90. The summed E-state index contributed by atoms with van der Waals surface area (Å²) in [5.41, 5.74) is 2.27. The van der Waals surface area contributed by atoms with Crippen LogP contribution in [0.4, 0.5) is 5.69 Å². The Balaban J connectivity index is 2.87. The normalized spacial score (nSPS) is 11.0. The standard InChI is InChI=1S/C11H15NO/c1-11(2,3)9-4-6-10(7-5-9)12-8-13/h4-8H,1-3H3,(H,12,13). The van der Waals surface area contributed by atoms with Crippen molar-refractivity contribution in [1.29, 1.82) is 0 Å². The van der Waals surface area contributed by atoms with Gasteiger partial charge in [0.25, 0.3) is 0 Å². The number of benzene rings is 1. The Morgan fingerprint density at radius 3 is 2.08 bits per heavy atom. The molecule has 1 rings (SSSR count). The second-order valence-electron chi connectivity index (χ2n) is 4.09. The molecule has 0 saturated heterocycles. The molecule has 0 aliphatic rings. The highest BCUT2D eigenvalue weighted by Crippen LogP contribution is 2.23. The summed E-state index contributed by atoms with van der Waals surface area (Å²) < 4.78 is 0. The minimum absolute atomic E-state index is 0.166. The molecule has 0 heterocycles. The van der Waals surface area contributed by atoms with Crippen LogP contribution in [-0.4, -0.2) is 6.41 Å². The lowest BCUT2D eigenvalue weighted by molar-refractivity contribution is -0.105. The quantitative estimate of drug-likeness (QED) is 0.691. The van der Waals surface area contributed by atoms with E-state index < -0.39 is 0 Å². The third kappa shape index (κ3) is 2.58. The number of amides is 1. The topological polar surface area (TPSA) is 29.1 Å². The van der Waals surface area contributed by atoms with E-state index in [9.17, 15) is 4.79 Å². The highest BCUT2D eigenvalue weighted by molar-refractivity contribution is 5.71. The largest absolute Gasteiger partial charge is 0.329 e. The van der Waals surface area contributed by atoms with Gasteiger partial charge in [-0.05, 0) is 23.1 Å². The predicted molar refractivity (Wildman–Crippen MR) is 54.8 cm³/mol. The van der Waals surface area contributed by atoms with Gasteiger partial charge in [-0.3, -0.25) is 4.79 Å². The smallest absolute Gasteiger partial charge is 0.211 e. The first-order valence-electron chi connectivity index (χ1n) is 4.35. The zero-order valence-corrected chi connectivity index (χ0v) is 8.29. The Morgan fingerprint density at radius 1 is 1.15 bits per heavy atom. The van der Waals surface area contributed by atoms with Gasteiger partial charge in [-0.15, -0.1) is 0 Å². The van der Waals surface area contributed by atoms with Crippen LogP contribution >= 0.6 is 0 Å². The molecule has 1 N–H and O–H groups in total. The summed E-state index contributed by atoms with van der Waals surface area (Å²) in [5, 5.41) is 2.61. The van der Waals surface area contributed by atoms with Gasteiger partial charge in [-0.2, -0.15) is 0 Å². The number of rotatable bonds is 2. The molecule has 1 amide bonds. The van der Waals surface area contributed by atoms with Crippen molar-refractivity contribution in [3.8, 4) is 0 Å². The van der Waals surface area contributed by atoms with Gasteiger partial charge in [-0.1, -0.05) is 32.9 Å². The average molecular weight is 177 g/mol. The van der Waals surface area contributed by atoms with Crippen molar-refractivity contribution in [2.75, 3.05) is 5.32 Å². The van der Waals surface area contributed by atoms with E-state index in [2.05, 4.69) is 26.1 Å². The van der Waals surface area contributed by atoms with Gasteiger partial charge in [-0.25, -0.2) is 0 Å². The van der Waals surface area contributed by atoms with Crippen LogP contribution in [0.2, 0.25) is 0 Å². The molecule has 0 aromatic heterocycles. The average Bonchev–Trinajstić information content (AvgIpc) is 2.04. The second kappa shape index (κ2) is 3.60. The molecule has 0 aliphatic carbocycles. The maximum Gasteiger partial charge on any atom is 0.211 e. The van der Waals surface area contributed by atoms with E-state index in [-0.39, 0.29) is 5.41 Å². The Labute approximate surface area is 79.0 Å². The summed E-state index contributed by atoms with van der Waals surface area (Å²) in [6.45, 7) is 6.49. The molecule has 1 aromatic rings. The SMILES string of the molecule is CC(C)(C)c1ccc(NC=O)cc1. The highest BCUT2D eigenvalue weighted by atomic mass is 16.1. The van der Waals surface area contributed by atoms with Crippen molar-refractivity contribution >= 4 is 12.1 Å². The molecule has 2 nitrogen and oxygen atoms in total. The van der Waals surface area contributed by atoms with Gasteiger partial charge in [0, 0.05) is 5.69 Å². The number of carbonyl (C=O) groups excluding carboxylic acids is 1. The molecule has 0 radical (unpaired) electrons. The van der Waals surface area contributed by atoms with Crippen molar-refractivity contribution < 1.29 is 4.79 Å². The number of hydrogen-bond donors (Lipinski definition) is 1. The van der Waals surface area contributed by atoms with E-state index in [0.29, 0.717) is 6.41 Å². The van der Waals surface area contributed by atoms with E-state index >= 15 is 0 Å². The first-order valence-corrected chi connectivity index (χ1v) is 4.35. The maximum atomic E-state index is 10.1. The Kier molecular flexibility index (Phi) is 2.71. The zero-order valence-electron chi connectivity index (χ0n) is 8.29. The van der Waals surface area contributed by atoms with E-state index in [1.165, 1.54) is 5.56 Å². The fourth-order valence-corrected chi connectivity index (χ4v) is 1.13. The molecule has 0 spiro atoms. The molecule has 0 fully saturated rings. The molecule has 13 heavy (non-hydrogen) atoms. The molecule has 0 saturated carbocycles. The molecular formula is C11H15NO. The number of nitrogens with one attached hydrogen (secondary N) is 1. The minimum atomic E-state index is 0.166. The molecule has 0 atom stereocenters. The molecule has 1 aromatic carbocycles. The highest BCUT2D eigenvalue weighted by Gasteiger charge is 2.12. The predicted octanol–water partition coefficient (Wildman–Crippen LogP) is 2.55. The molecule has 0 bridgehead atoms. The summed E-state index contributed by atoms with van der Waals surface area (Å²) in [6.07, 6.45) is 0.687. The molecule has 70 valence electrons. The van der Waals surface area contributed by atoms with E-state index in [4.69, 9.17) is 0 Å². The summed E-state index contributed by atoms with van der Waals surface area (Å²) in [5.74, 6) is 0.